The van der Waals surface area contributed by atoms with E-state index in [1.54, 1.807) is 6.07 Å². The van der Waals surface area contributed by atoms with Crippen molar-refractivity contribution in [2.24, 2.45) is 0 Å². The lowest BCUT2D eigenvalue weighted by atomic mass is 10.2. The van der Waals surface area contributed by atoms with Crippen LogP contribution in [-0.4, -0.2) is 37.6 Å². The highest BCUT2D eigenvalue weighted by atomic mass is 35.5. The van der Waals surface area contributed by atoms with E-state index in [9.17, 15) is 9.59 Å². The van der Waals surface area contributed by atoms with Gasteiger partial charge in [-0.2, -0.15) is 0 Å². The first kappa shape index (κ1) is 18.7. The summed E-state index contributed by atoms with van der Waals surface area (Å²) >= 11 is 11.7. The number of benzene rings is 1. The molecule has 5 nitrogen and oxygen atoms in total. The molecule has 0 heterocycles. The molecule has 0 aliphatic carbocycles. The summed E-state index contributed by atoms with van der Waals surface area (Å²) in [6.07, 6.45) is 0.903. The Morgan fingerprint density at radius 2 is 1.95 bits per heavy atom. The van der Waals surface area contributed by atoms with Crippen LogP contribution in [0.25, 0.3) is 0 Å². The maximum absolute atomic E-state index is 11.9. The van der Waals surface area contributed by atoms with Crippen LogP contribution in [0.15, 0.2) is 18.2 Å². The quantitative estimate of drug-likeness (QED) is 0.711. The van der Waals surface area contributed by atoms with E-state index >= 15 is 0 Å². The standard InChI is InChI=1S/C15H20Cl2N2O3/c1-10(2)22-7-3-6-18-14(20)9-19-15(21)12-5-4-11(16)8-13(12)17/h4-5,8,10H,3,6-7,9H2,1-2H3,(H,18,20)(H,19,21). The first-order valence-electron chi connectivity index (χ1n) is 7.01. The average Bonchev–Trinajstić information content (AvgIpc) is 2.44. The highest BCUT2D eigenvalue weighted by molar-refractivity contribution is 6.36. The van der Waals surface area contributed by atoms with Crippen LogP contribution in [0, 0.1) is 0 Å². The van der Waals surface area contributed by atoms with Gasteiger partial charge in [0.2, 0.25) is 5.91 Å². The van der Waals surface area contributed by atoms with Gasteiger partial charge in [0, 0.05) is 18.2 Å². The van der Waals surface area contributed by atoms with Crippen LogP contribution in [0.4, 0.5) is 0 Å². The van der Waals surface area contributed by atoms with Crippen LogP contribution in [0.2, 0.25) is 10.0 Å². The van der Waals surface area contributed by atoms with Gasteiger partial charge < -0.3 is 15.4 Å². The summed E-state index contributed by atoms with van der Waals surface area (Å²) < 4.78 is 5.36. The second-order valence-corrected chi connectivity index (χ2v) is 5.77. The van der Waals surface area contributed by atoms with Crippen LogP contribution in [0.3, 0.4) is 0 Å². The molecule has 0 aliphatic rings. The zero-order valence-corrected chi connectivity index (χ0v) is 14.1. The fourth-order valence-electron chi connectivity index (χ4n) is 1.61. The van der Waals surface area contributed by atoms with Gasteiger partial charge in [-0.25, -0.2) is 0 Å². The third-order valence-corrected chi connectivity index (χ3v) is 3.23. The van der Waals surface area contributed by atoms with Gasteiger partial charge in [-0.15, -0.1) is 0 Å². The molecule has 7 heteroatoms. The number of carbonyl (C=O) groups excluding carboxylic acids is 2. The summed E-state index contributed by atoms with van der Waals surface area (Å²) in [5.74, 6) is -0.678. The van der Waals surface area contributed by atoms with E-state index in [1.807, 2.05) is 13.8 Å². The lowest BCUT2D eigenvalue weighted by Crippen LogP contribution is -2.37. The fourth-order valence-corrected chi connectivity index (χ4v) is 2.11. The predicted octanol–water partition coefficient (Wildman–Crippen LogP) is 2.65. The van der Waals surface area contributed by atoms with Crippen molar-refractivity contribution in [2.45, 2.75) is 26.4 Å². The second-order valence-electron chi connectivity index (χ2n) is 4.93. The van der Waals surface area contributed by atoms with E-state index in [0.29, 0.717) is 18.2 Å². The van der Waals surface area contributed by atoms with E-state index in [4.69, 9.17) is 27.9 Å². The molecule has 1 aromatic carbocycles. The molecule has 122 valence electrons. The molecule has 0 spiro atoms. The molecule has 0 radical (unpaired) electrons. The van der Waals surface area contributed by atoms with Gasteiger partial charge in [0.1, 0.15) is 0 Å². The van der Waals surface area contributed by atoms with Gasteiger partial charge in [-0.05, 0) is 38.5 Å². The first-order chi connectivity index (χ1) is 10.4. The molecule has 0 bridgehead atoms. The minimum Gasteiger partial charge on any atom is -0.379 e. The Bertz CT molecular complexity index is 522. The minimum atomic E-state index is -0.417. The van der Waals surface area contributed by atoms with Gasteiger partial charge >= 0.3 is 0 Å². The monoisotopic (exact) mass is 346 g/mol. The summed E-state index contributed by atoms with van der Waals surface area (Å²) in [5, 5.41) is 5.90. The number of amides is 2. The Kier molecular flexibility index (Phi) is 8.24. The number of hydrogen-bond donors (Lipinski definition) is 2. The second kappa shape index (κ2) is 9.66. The van der Waals surface area contributed by atoms with Crippen LogP contribution in [0.1, 0.15) is 30.6 Å². The van der Waals surface area contributed by atoms with Crippen molar-refractivity contribution in [3.63, 3.8) is 0 Å². The Hall–Kier alpha value is -1.30. The lowest BCUT2D eigenvalue weighted by molar-refractivity contribution is -0.120. The molecule has 0 fully saturated rings. The van der Waals surface area contributed by atoms with E-state index in [2.05, 4.69) is 10.6 Å². The molecular weight excluding hydrogens is 327 g/mol. The number of rotatable bonds is 8. The molecule has 0 atom stereocenters. The van der Waals surface area contributed by atoms with Crippen LogP contribution in [-0.2, 0) is 9.53 Å². The number of carbonyl (C=O) groups is 2. The molecule has 2 N–H and O–H groups in total. The fraction of sp³-hybridized carbons (Fsp3) is 0.467. The molecule has 1 rings (SSSR count). The molecule has 22 heavy (non-hydrogen) atoms. The average molecular weight is 347 g/mol. The van der Waals surface area contributed by atoms with Crippen molar-refractivity contribution in [1.29, 1.82) is 0 Å². The Labute approximate surface area is 140 Å². The van der Waals surface area contributed by atoms with Crippen LogP contribution in [0.5, 0.6) is 0 Å². The van der Waals surface area contributed by atoms with E-state index < -0.39 is 5.91 Å². The summed E-state index contributed by atoms with van der Waals surface area (Å²) in [6.45, 7) is 4.89. The van der Waals surface area contributed by atoms with Crippen molar-refractivity contribution in [2.75, 3.05) is 19.7 Å². The zero-order chi connectivity index (χ0) is 16.5. The van der Waals surface area contributed by atoms with Gasteiger partial charge in [0.05, 0.1) is 23.2 Å². The van der Waals surface area contributed by atoms with E-state index in [0.717, 1.165) is 6.42 Å². The van der Waals surface area contributed by atoms with Crippen molar-refractivity contribution in [3.05, 3.63) is 33.8 Å². The number of nitrogens with one attached hydrogen (secondary N) is 2. The maximum Gasteiger partial charge on any atom is 0.253 e. The summed E-state index contributed by atoms with van der Waals surface area (Å²) in [7, 11) is 0. The van der Waals surface area contributed by atoms with Crippen molar-refractivity contribution in [3.8, 4) is 0 Å². The molecule has 2 amide bonds. The van der Waals surface area contributed by atoms with Gasteiger partial charge in [0.25, 0.3) is 5.91 Å². The molecule has 1 aromatic rings. The molecule has 0 saturated carbocycles. The molecule has 0 aromatic heterocycles. The lowest BCUT2D eigenvalue weighted by Gasteiger charge is -2.09. The van der Waals surface area contributed by atoms with Crippen molar-refractivity contribution < 1.29 is 14.3 Å². The first-order valence-corrected chi connectivity index (χ1v) is 7.77. The van der Waals surface area contributed by atoms with E-state index in [1.165, 1.54) is 12.1 Å². The summed E-state index contributed by atoms with van der Waals surface area (Å²) in [4.78, 5) is 23.5. The molecular formula is C15H20Cl2N2O3. The largest absolute Gasteiger partial charge is 0.379 e. The Morgan fingerprint density at radius 3 is 2.59 bits per heavy atom. The number of ether oxygens (including phenoxy) is 1. The van der Waals surface area contributed by atoms with Crippen molar-refractivity contribution in [1.82, 2.24) is 10.6 Å². The summed E-state index contributed by atoms with van der Waals surface area (Å²) in [5.41, 5.74) is 0.282. The zero-order valence-electron chi connectivity index (χ0n) is 12.6. The molecule has 0 saturated heterocycles. The predicted molar refractivity (Wildman–Crippen MR) is 87.5 cm³/mol. The third-order valence-electron chi connectivity index (χ3n) is 2.68. The van der Waals surface area contributed by atoms with Gasteiger partial charge in [0.15, 0.2) is 0 Å². The minimum absolute atomic E-state index is 0.108. The number of halogens is 2. The van der Waals surface area contributed by atoms with Gasteiger partial charge in [-0.1, -0.05) is 23.2 Å². The third kappa shape index (κ3) is 7.11. The molecule has 0 aliphatic heterocycles. The van der Waals surface area contributed by atoms with Gasteiger partial charge in [-0.3, -0.25) is 9.59 Å². The maximum atomic E-state index is 11.9. The number of hydrogen-bond acceptors (Lipinski definition) is 3. The van der Waals surface area contributed by atoms with Crippen LogP contribution >= 0.6 is 23.2 Å². The Balaban J connectivity index is 2.27. The SMILES string of the molecule is CC(C)OCCCNC(=O)CNC(=O)c1ccc(Cl)cc1Cl. The Morgan fingerprint density at radius 1 is 1.23 bits per heavy atom. The smallest absolute Gasteiger partial charge is 0.253 e. The highest BCUT2D eigenvalue weighted by Gasteiger charge is 2.11. The van der Waals surface area contributed by atoms with Crippen molar-refractivity contribution >= 4 is 35.0 Å². The van der Waals surface area contributed by atoms with E-state index in [-0.39, 0.29) is 29.1 Å². The highest BCUT2D eigenvalue weighted by Crippen LogP contribution is 2.20. The van der Waals surface area contributed by atoms with Crippen LogP contribution < -0.4 is 10.6 Å². The normalized spacial score (nSPS) is 10.6. The summed E-state index contributed by atoms with van der Waals surface area (Å²) in [6, 6.07) is 4.56. The topological polar surface area (TPSA) is 67.4 Å². The molecule has 0 unspecified atom stereocenters.